The van der Waals surface area contributed by atoms with Gasteiger partial charge in [-0.3, -0.25) is 4.79 Å². The lowest BCUT2D eigenvalue weighted by Gasteiger charge is -2.06. The first-order valence-electron chi connectivity index (χ1n) is 6.68. The highest BCUT2D eigenvalue weighted by Crippen LogP contribution is 2.00. The number of carbonyl (C=O) groups is 1. The zero-order valence-corrected chi connectivity index (χ0v) is 11.5. The molecule has 0 fully saturated rings. The van der Waals surface area contributed by atoms with E-state index in [-0.39, 0.29) is 5.97 Å². The third kappa shape index (κ3) is 8.35. The van der Waals surface area contributed by atoms with Crippen molar-refractivity contribution in [3.63, 3.8) is 0 Å². The maximum atomic E-state index is 11.0. The van der Waals surface area contributed by atoms with Crippen LogP contribution in [0.4, 0.5) is 0 Å². The van der Waals surface area contributed by atoms with Crippen LogP contribution in [0, 0.1) is 0 Å². The van der Waals surface area contributed by atoms with Crippen molar-refractivity contribution in [2.75, 3.05) is 26.4 Å². The average molecular weight is 266 g/mol. The minimum Gasteiger partial charge on any atom is -0.463 e. The molecule has 1 rings (SSSR count). The fourth-order valence-electron chi connectivity index (χ4n) is 1.47. The Kier molecular flexibility index (Phi) is 8.68. The van der Waals surface area contributed by atoms with Crippen molar-refractivity contribution in [1.82, 2.24) is 0 Å². The molecule has 0 amide bonds. The molecule has 0 aliphatic heterocycles. The maximum Gasteiger partial charge on any atom is 0.305 e. The topological polar surface area (TPSA) is 44.8 Å². The first-order valence-corrected chi connectivity index (χ1v) is 6.68. The molecule has 1 aromatic carbocycles. The second-order valence-corrected chi connectivity index (χ2v) is 4.12. The van der Waals surface area contributed by atoms with Gasteiger partial charge in [0.15, 0.2) is 0 Å². The summed E-state index contributed by atoms with van der Waals surface area (Å²) in [7, 11) is 0. The number of ether oxygens (including phenoxy) is 3. The summed E-state index contributed by atoms with van der Waals surface area (Å²) in [5.74, 6) is -0.161. The second-order valence-electron chi connectivity index (χ2n) is 4.12. The molecule has 0 saturated heterocycles. The number of hydrogen-bond acceptors (Lipinski definition) is 4. The Labute approximate surface area is 114 Å². The van der Waals surface area contributed by atoms with Gasteiger partial charge in [0.1, 0.15) is 6.61 Å². The van der Waals surface area contributed by atoms with E-state index in [9.17, 15) is 4.79 Å². The molecule has 19 heavy (non-hydrogen) atoms. The smallest absolute Gasteiger partial charge is 0.305 e. The van der Waals surface area contributed by atoms with E-state index in [4.69, 9.17) is 14.2 Å². The highest BCUT2D eigenvalue weighted by atomic mass is 16.6. The largest absolute Gasteiger partial charge is 0.463 e. The van der Waals surface area contributed by atoms with Crippen molar-refractivity contribution in [3.8, 4) is 0 Å². The van der Waals surface area contributed by atoms with Gasteiger partial charge in [0, 0.05) is 6.42 Å². The molecule has 1 aromatic rings. The molecule has 0 spiro atoms. The molecule has 0 radical (unpaired) electrons. The van der Waals surface area contributed by atoms with Gasteiger partial charge in [-0.15, -0.1) is 0 Å². The van der Waals surface area contributed by atoms with Gasteiger partial charge in [0.05, 0.1) is 26.4 Å². The van der Waals surface area contributed by atoms with Gasteiger partial charge in [-0.2, -0.15) is 0 Å². The maximum absolute atomic E-state index is 11.0. The van der Waals surface area contributed by atoms with Gasteiger partial charge in [-0.1, -0.05) is 37.3 Å². The van der Waals surface area contributed by atoms with Gasteiger partial charge in [0.25, 0.3) is 0 Å². The van der Waals surface area contributed by atoms with Crippen LogP contribution < -0.4 is 0 Å². The van der Waals surface area contributed by atoms with E-state index in [2.05, 4.69) is 0 Å². The number of rotatable bonds is 10. The monoisotopic (exact) mass is 266 g/mol. The SMILES string of the molecule is CCCC(=O)OCCOCCOCc1ccccc1. The van der Waals surface area contributed by atoms with Crippen LogP contribution in [0.3, 0.4) is 0 Å². The Bertz CT molecular complexity index is 337. The number of carbonyl (C=O) groups excluding carboxylic acids is 1. The molecule has 4 nitrogen and oxygen atoms in total. The summed E-state index contributed by atoms with van der Waals surface area (Å²) in [6.07, 6.45) is 1.28. The molecule has 0 aliphatic carbocycles. The summed E-state index contributed by atoms with van der Waals surface area (Å²) in [4.78, 5) is 11.0. The first kappa shape index (κ1) is 15.7. The lowest BCUT2D eigenvalue weighted by molar-refractivity contribution is -0.145. The van der Waals surface area contributed by atoms with Crippen LogP contribution in [-0.2, 0) is 25.6 Å². The Morgan fingerprint density at radius 3 is 2.42 bits per heavy atom. The molecular weight excluding hydrogens is 244 g/mol. The number of benzene rings is 1. The quantitative estimate of drug-likeness (QED) is 0.482. The first-order chi connectivity index (χ1) is 9.33. The molecule has 0 atom stereocenters. The lowest BCUT2D eigenvalue weighted by Crippen LogP contribution is -2.12. The van der Waals surface area contributed by atoms with Crippen molar-refractivity contribution in [2.45, 2.75) is 26.4 Å². The van der Waals surface area contributed by atoms with E-state index in [1.807, 2.05) is 37.3 Å². The second kappa shape index (κ2) is 10.5. The highest BCUT2D eigenvalue weighted by Gasteiger charge is 1.99. The summed E-state index contributed by atoms with van der Waals surface area (Å²) >= 11 is 0. The summed E-state index contributed by atoms with van der Waals surface area (Å²) in [5, 5.41) is 0. The normalized spacial score (nSPS) is 10.4. The molecule has 4 heteroatoms. The zero-order chi connectivity index (χ0) is 13.8. The van der Waals surface area contributed by atoms with Crippen LogP contribution >= 0.6 is 0 Å². The average Bonchev–Trinajstić information content (AvgIpc) is 2.43. The third-order valence-corrected chi connectivity index (χ3v) is 2.43. The minimum atomic E-state index is -0.161. The Balaban J connectivity index is 1.88. The van der Waals surface area contributed by atoms with Crippen molar-refractivity contribution < 1.29 is 19.0 Å². The van der Waals surface area contributed by atoms with Crippen LogP contribution in [0.1, 0.15) is 25.3 Å². The van der Waals surface area contributed by atoms with Gasteiger partial charge >= 0.3 is 5.97 Å². The van der Waals surface area contributed by atoms with Crippen molar-refractivity contribution in [1.29, 1.82) is 0 Å². The molecule has 0 unspecified atom stereocenters. The lowest BCUT2D eigenvalue weighted by atomic mass is 10.2. The summed E-state index contributed by atoms with van der Waals surface area (Å²) in [6.45, 7) is 4.33. The Morgan fingerprint density at radius 1 is 1.00 bits per heavy atom. The van der Waals surface area contributed by atoms with Crippen molar-refractivity contribution in [2.24, 2.45) is 0 Å². The van der Waals surface area contributed by atoms with Gasteiger partial charge in [-0.25, -0.2) is 0 Å². The number of hydrogen-bond donors (Lipinski definition) is 0. The molecular formula is C15H22O4. The standard InChI is InChI=1S/C15H22O4/c1-2-6-15(16)19-12-11-17-9-10-18-13-14-7-4-3-5-8-14/h3-5,7-8H,2,6,9-13H2,1H3. The molecule has 0 aromatic heterocycles. The van der Waals surface area contributed by atoms with E-state index in [0.717, 1.165) is 12.0 Å². The van der Waals surface area contributed by atoms with E-state index < -0.39 is 0 Å². The summed E-state index contributed by atoms with van der Waals surface area (Å²) in [6, 6.07) is 9.99. The van der Waals surface area contributed by atoms with Crippen molar-refractivity contribution in [3.05, 3.63) is 35.9 Å². The zero-order valence-electron chi connectivity index (χ0n) is 11.5. The molecule has 0 heterocycles. The highest BCUT2D eigenvalue weighted by molar-refractivity contribution is 5.69. The fraction of sp³-hybridized carbons (Fsp3) is 0.533. The van der Waals surface area contributed by atoms with Gasteiger partial charge in [-0.05, 0) is 12.0 Å². The molecule has 0 N–H and O–H groups in total. The summed E-state index contributed by atoms with van der Waals surface area (Å²) in [5.41, 5.74) is 1.15. The van der Waals surface area contributed by atoms with E-state index in [0.29, 0.717) is 39.5 Å². The van der Waals surface area contributed by atoms with E-state index in [1.165, 1.54) is 0 Å². The van der Waals surface area contributed by atoms with Crippen LogP contribution in [-0.4, -0.2) is 32.4 Å². The van der Waals surface area contributed by atoms with Gasteiger partial charge < -0.3 is 14.2 Å². The van der Waals surface area contributed by atoms with Crippen LogP contribution in [0.2, 0.25) is 0 Å². The fourth-order valence-corrected chi connectivity index (χ4v) is 1.47. The third-order valence-electron chi connectivity index (χ3n) is 2.43. The van der Waals surface area contributed by atoms with E-state index >= 15 is 0 Å². The van der Waals surface area contributed by atoms with Gasteiger partial charge in [0.2, 0.25) is 0 Å². The molecule has 0 saturated carbocycles. The predicted molar refractivity (Wildman–Crippen MR) is 72.8 cm³/mol. The molecule has 0 aliphatic rings. The van der Waals surface area contributed by atoms with E-state index in [1.54, 1.807) is 0 Å². The Morgan fingerprint density at radius 2 is 1.68 bits per heavy atom. The molecule has 0 bridgehead atoms. The predicted octanol–water partition coefficient (Wildman–Crippen LogP) is 2.56. The summed E-state index contributed by atoms with van der Waals surface area (Å²) < 4.78 is 15.7. The minimum absolute atomic E-state index is 0.161. The van der Waals surface area contributed by atoms with Crippen LogP contribution in [0.5, 0.6) is 0 Å². The van der Waals surface area contributed by atoms with Crippen LogP contribution in [0.15, 0.2) is 30.3 Å². The Hall–Kier alpha value is -1.39. The molecule has 106 valence electrons. The van der Waals surface area contributed by atoms with Crippen molar-refractivity contribution >= 4 is 5.97 Å². The van der Waals surface area contributed by atoms with Crippen LogP contribution in [0.25, 0.3) is 0 Å². The number of esters is 1.